The second-order valence-corrected chi connectivity index (χ2v) is 7.29. The summed E-state index contributed by atoms with van der Waals surface area (Å²) in [5.74, 6) is -0.180. The molecule has 2 aromatic rings. The number of hydrogen-bond acceptors (Lipinski definition) is 2. The molecule has 0 fully saturated rings. The molecule has 7 heteroatoms. The van der Waals surface area contributed by atoms with E-state index in [-0.39, 0.29) is 10.6 Å². The summed E-state index contributed by atoms with van der Waals surface area (Å²) in [6.45, 7) is 0. The predicted molar refractivity (Wildman–Crippen MR) is 85.8 cm³/mol. The molecule has 0 amide bonds. The van der Waals surface area contributed by atoms with Gasteiger partial charge in [-0.05, 0) is 42.3 Å². The highest BCUT2D eigenvalue weighted by Gasteiger charge is 2.16. The van der Waals surface area contributed by atoms with Crippen molar-refractivity contribution in [2.75, 3.05) is 10.6 Å². The highest BCUT2D eigenvalue weighted by molar-refractivity contribution is 9.10. The number of aryl methyl sites for hydroxylation is 1. The number of anilines is 1. The van der Waals surface area contributed by atoms with E-state index in [1.807, 2.05) is 0 Å². The maximum Gasteiger partial charge on any atom is 0.261 e. The second kappa shape index (κ2) is 6.77. The van der Waals surface area contributed by atoms with Crippen LogP contribution in [-0.4, -0.2) is 14.3 Å². The van der Waals surface area contributed by atoms with Gasteiger partial charge in [0.15, 0.2) is 0 Å². The SMILES string of the molecule is O=S(=O)(Nc1ccc(Br)cc1F)c1ccc(CCCl)cc1. The van der Waals surface area contributed by atoms with Gasteiger partial charge in [0.1, 0.15) is 5.82 Å². The van der Waals surface area contributed by atoms with E-state index in [2.05, 4.69) is 20.7 Å². The molecule has 112 valence electrons. The van der Waals surface area contributed by atoms with Gasteiger partial charge in [-0.25, -0.2) is 12.8 Å². The van der Waals surface area contributed by atoms with Crippen LogP contribution in [0.15, 0.2) is 51.8 Å². The number of alkyl halides is 1. The Hall–Kier alpha value is -1.11. The zero-order valence-corrected chi connectivity index (χ0v) is 14.0. The molecule has 0 saturated carbocycles. The molecule has 0 spiro atoms. The van der Waals surface area contributed by atoms with E-state index in [9.17, 15) is 12.8 Å². The van der Waals surface area contributed by atoms with Crippen LogP contribution >= 0.6 is 27.5 Å². The van der Waals surface area contributed by atoms with Gasteiger partial charge in [-0.1, -0.05) is 28.1 Å². The summed E-state index contributed by atoms with van der Waals surface area (Å²) in [5.41, 5.74) is 0.849. The van der Waals surface area contributed by atoms with Gasteiger partial charge in [-0.2, -0.15) is 0 Å². The minimum Gasteiger partial charge on any atom is -0.277 e. The minimum absolute atomic E-state index is 0.0724. The van der Waals surface area contributed by atoms with Crippen LogP contribution in [0.1, 0.15) is 5.56 Å². The zero-order chi connectivity index (χ0) is 15.5. The van der Waals surface area contributed by atoms with Crippen molar-refractivity contribution >= 4 is 43.2 Å². The number of nitrogens with one attached hydrogen (secondary N) is 1. The van der Waals surface area contributed by atoms with Gasteiger partial charge in [-0.15, -0.1) is 11.6 Å². The molecule has 2 aromatic carbocycles. The lowest BCUT2D eigenvalue weighted by molar-refractivity contribution is 0.598. The lowest BCUT2D eigenvalue weighted by Gasteiger charge is -2.09. The van der Waals surface area contributed by atoms with Crippen LogP contribution in [0, 0.1) is 5.82 Å². The van der Waals surface area contributed by atoms with Crippen LogP contribution in [0.3, 0.4) is 0 Å². The van der Waals surface area contributed by atoms with E-state index >= 15 is 0 Å². The fraction of sp³-hybridized carbons (Fsp3) is 0.143. The van der Waals surface area contributed by atoms with Gasteiger partial charge in [0, 0.05) is 10.4 Å². The molecule has 1 N–H and O–H groups in total. The lowest BCUT2D eigenvalue weighted by atomic mass is 10.2. The van der Waals surface area contributed by atoms with Gasteiger partial charge in [0.2, 0.25) is 0 Å². The molecular formula is C14H12BrClFNO2S. The van der Waals surface area contributed by atoms with Crippen molar-refractivity contribution in [2.45, 2.75) is 11.3 Å². The normalized spacial score (nSPS) is 11.4. The van der Waals surface area contributed by atoms with Crippen molar-refractivity contribution in [1.82, 2.24) is 0 Å². The minimum atomic E-state index is -3.82. The third kappa shape index (κ3) is 4.18. The standard InChI is InChI=1S/C14H12BrClFNO2S/c15-11-3-6-14(13(17)9-11)18-21(19,20)12-4-1-10(2-5-12)7-8-16/h1-6,9,18H,7-8H2. The van der Waals surface area contributed by atoms with E-state index in [4.69, 9.17) is 11.6 Å². The Labute approximate surface area is 136 Å². The molecule has 0 aliphatic heterocycles. The summed E-state index contributed by atoms with van der Waals surface area (Å²) in [6.07, 6.45) is 0.663. The Morgan fingerprint density at radius 1 is 1.14 bits per heavy atom. The number of halogens is 3. The van der Waals surface area contributed by atoms with Crippen LogP contribution in [-0.2, 0) is 16.4 Å². The molecule has 0 aliphatic carbocycles. The molecule has 3 nitrogen and oxygen atoms in total. The Kier molecular flexibility index (Phi) is 5.24. The Morgan fingerprint density at radius 3 is 2.38 bits per heavy atom. The van der Waals surface area contributed by atoms with E-state index in [0.29, 0.717) is 16.8 Å². The van der Waals surface area contributed by atoms with Crippen molar-refractivity contribution in [3.63, 3.8) is 0 Å². The summed E-state index contributed by atoms with van der Waals surface area (Å²) >= 11 is 8.74. The van der Waals surface area contributed by atoms with Crippen LogP contribution in [0.25, 0.3) is 0 Å². The van der Waals surface area contributed by atoms with Crippen molar-refractivity contribution in [3.05, 3.63) is 58.3 Å². The maximum atomic E-state index is 13.7. The first kappa shape index (κ1) is 16.3. The number of benzene rings is 2. The van der Waals surface area contributed by atoms with Crippen molar-refractivity contribution < 1.29 is 12.8 Å². The number of hydrogen-bond donors (Lipinski definition) is 1. The average Bonchev–Trinajstić information content (AvgIpc) is 2.43. The van der Waals surface area contributed by atoms with Crippen LogP contribution in [0.4, 0.5) is 10.1 Å². The molecule has 0 atom stereocenters. The van der Waals surface area contributed by atoms with E-state index in [1.165, 1.54) is 24.3 Å². The van der Waals surface area contributed by atoms with Gasteiger partial charge in [0.25, 0.3) is 10.0 Å². The highest BCUT2D eigenvalue weighted by atomic mass is 79.9. The van der Waals surface area contributed by atoms with Crippen LogP contribution < -0.4 is 4.72 Å². The van der Waals surface area contributed by atoms with Crippen molar-refractivity contribution in [2.24, 2.45) is 0 Å². The molecule has 0 saturated heterocycles. The molecule has 0 radical (unpaired) electrons. The third-order valence-corrected chi connectivity index (χ3v) is 4.86. The summed E-state index contributed by atoms with van der Waals surface area (Å²) in [7, 11) is -3.82. The van der Waals surface area contributed by atoms with Crippen molar-refractivity contribution in [3.8, 4) is 0 Å². The van der Waals surface area contributed by atoms with Crippen LogP contribution in [0.5, 0.6) is 0 Å². The first-order valence-corrected chi connectivity index (χ1v) is 8.86. The Balaban J connectivity index is 2.25. The summed E-state index contributed by atoms with van der Waals surface area (Å²) in [4.78, 5) is 0.0724. The van der Waals surface area contributed by atoms with Gasteiger partial charge < -0.3 is 0 Å². The number of rotatable bonds is 5. The smallest absolute Gasteiger partial charge is 0.261 e. The van der Waals surface area contributed by atoms with Gasteiger partial charge in [-0.3, -0.25) is 4.72 Å². The zero-order valence-electron chi connectivity index (χ0n) is 10.8. The maximum absolute atomic E-state index is 13.7. The lowest BCUT2D eigenvalue weighted by Crippen LogP contribution is -2.14. The summed E-state index contributed by atoms with van der Waals surface area (Å²) < 4.78 is 40.8. The average molecular weight is 393 g/mol. The first-order valence-electron chi connectivity index (χ1n) is 6.05. The van der Waals surface area contributed by atoms with E-state index in [1.54, 1.807) is 18.2 Å². The first-order chi connectivity index (χ1) is 9.92. The third-order valence-electron chi connectivity index (χ3n) is 2.79. The molecule has 2 rings (SSSR count). The molecular weight excluding hydrogens is 381 g/mol. The van der Waals surface area contributed by atoms with Gasteiger partial charge >= 0.3 is 0 Å². The fourth-order valence-corrected chi connectivity index (χ4v) is 3.34. The Bertz CT molecular complexity index is 735. The second-order valence-electron chi connectivity index (χ2n) is 4.31. The molecule has 0 aliphatic rings. The van der Waals surface area contributed by atoms with E-state index < -0.39 is 15.8 Å². The Morgan fingerprint density at radius 2 is 1.81 bits per heavy atom. The molecule has 0 unspecified atom stereocenters. The molecule has 0 bridgehead atoms. The summed E-state index contributed by atoms with van der Waals surface area (Å²) in [6, 6.07) is 10.4. The monoisotopic (exact) mass is 391 g/mol. The van der Waals surface area contributed by atoms with Crippen molar-refractivity contribution in [1.29, 1.82) is 0 Å². The van der Waals surface area contributed by atoms with Crippen LogP contribution in [0.2, 0.25) is 0 Å². The predicted octanol–water partition coefficient (Wildman–Crippen LogP) is 4.17. The fourth-order valence-electron chi connectivity index (χ4n) is 1.72. The van der Waals surface area contributed by atoms with Gasteiger partial charge in [0.05, 0.1) is 10.6 Å². The molecule has 0 heterocycles. The largest absolute Gasteiger partial charge is 0.277 e. The molecule has 21 heavy (non-hydrogen) atoms. The quantitative estimate of drug-likeness (QED) is 0.776. The number of sulfonamides is 1. The topological polar surface area (TPSA) is 46.2 Å². The highest BCUT2D eigenvalue weighted by Crippen LogP contribution is 2.22. The molecule has 0 aromatic heterocycles. The summed E-state index contributed by atoms with van der Waals surface area (Å²) in [5, 5.41) is 0. The van der Waals surface area contributed by atoms with E-state index in [0.717, 1.165) is 5.56 Å².